The molecule has 0 aromatic carbocycles. The molecule has 0 spiro atoms. The van der Waals surface area contributed by atoms with Gasteiger partial charge in [-0.3, -0.25) is 9.48 Å². The number of nitrogens with one attached hydrogen (secondary N) is 1. The van der Waals surface area contributed by atoms with E-state index in [1.54, 1.807) is 24.0 Å². The number of hydrogen-bond donors (Lipinski definition) is 2. The van der Waals surface area contributed by atoms with Crippen molar-refractivity contribution in [2.45, 2.75) is 6.54 Å². The van der Waals surface area contributed by atoms with E-state index in [1.807, 2.05) is 0 Å². The standard InChI is InChI=1S/C9H14N4O3/c1-12(6-8(14)15)9(16)10-5-7-3-4-11-13(7)2/h3-4H,5-6H2,1-2H3,(H,10,16)(H,14,15). The Labute approximate surface area is 92.7 Å². The number of nitrogens with zero attached hydrogens (tertiary/aromatic N) is 3. The second-order valence-corrected chi connectivity index (χ2v) is 3.35. The number of carbonyl (C=O) groups is 2. The first-order chi connectivity index (χ1) is 7.50. The molecule has 16 heavy (non-hydrogen) atoms. The summed E-state index contributed by atoms with van der Waals surface area (Å²) in [5.74, 6) is -1.04. The van der Waals surface area contributed by atoms with Crippen LogP contribution in [0.2, 0.25) is 0 Å². The van der Waals surface area contributed by atoms with Crippen LogP contribution < -0.4 is 5.32 Å². The molecule has 0 aliphatic carbocycles. The summed E-state index contributed by atoms with van der Waals surface area (Å²) in [7, 11) is 3.19. The third kappa shape index (κ3) is 3.26. The van der Waals surface area contributed by atoms with Crippen LogP contribution in [0.15, 0.2) is 12.3 Å². The van der Waals surface area contributed by atoms with E-state index < -0.39 is 12.0 Å². The molecule has 0 saturated heterocycles. The van der Waals surface area contributed by atoms with E-state index in [1.165, 1.54) is 7.05 Å². The molecule has 0 fully saturated rings. The van der Waals surface area contributed by atoms with Crippen molar-refractivity contribution in [3.05, 3.63) is 18.0 Å². The molecule has 1 rings (SSSR count). The molecule has 1 heterocycles. The number of aliphatic carboxylic acids is 1. The van der Waals surface area contributed by atoms with Crippen LogP contribution in [0.1, 0.15) is 5.69 Å². The Morgan fingerprint density at radius 2 is 2.31 bits per heavy atom. The summed E-state index contributed by atoms with van der Waals surface area (Å²) >= 11 is 0. The van der Waals surface area contributed by atoms with E-state index in [0.717, 1.165) is 10.6 Å². The van der Waals surface area contributed by atoms with Gasteiger partial charge < -0.3 is 15.3 Å². The average Bonchev–Trinajstić information content (AvgIpc) is 2.59. The minimum absolute atomic E-state index is 0.319. The molecule has 2 amide bonds. The number of carboxylic acids is 1. The first kappa shape index (κ1) is 12.0. The predicted octanol–water partition coefficient (Wildman–Crippen LogP) is -0.354. The van der Waals surface area contributed by atoms with Gasteiger partial charge in [0.1, 0.15) is 6.54 Å². The monoisotopic (exact) mass is 226 g/mol. The molecule has 0 bridgehead atoms. The molecule has 88 valence electrons. The third-order valence-electron chi connectivity index (χ3n) is 2.06. The van der Waals surface area contributed by atoms with Crippen molar-refractivity contribution in [3.8, 4) is 0 Å². The maximum atomic E-state index is 11.4. The van der Waals surface area contributed by atoms with Crippen LogP contribution in [0.5, 0.6) is 0 Å². The summed E-state index contributed by atoms with van der Waals surface area (Å²) in [6, 6.07) is 1.35. The first-order valence-electron chi connectivity index (χ1n) is 4.68. The third-order valence-corrected chi connectivity index (χ3v) is 2.06. The van der Waals surface area contributed by atoms with Gasteiger partial charge in [-0.15, -0.1) is 0 Å². The van der Waals surface area contributed by atoms with Crippen molar-refractivity contribution in [2.75, 3.05) is 13.6 Å². The largest absolute Gasteiger partial charge is 0.480 e. The number of rotatable bonds is 4. The topological polar surface area (TPSA) is 87.5 Å². The number of aromatic nitrogens is 2. The summed E-state index contributed by atoms with van der Waals surface area (Å²) in [6.07, 6.45) is 1.63. The Bertz CT molecular complexity index is 388. The molecule has 0 aliphatic rings. The second kappa shape index (κ2) is 5.15. The van der Waals surface area contributed by atoms with Gasteiger partial charge in [0, 0.05) is 20.3 Å². The average molecular weight is 226 g/mol. The molecule has 1 aromatic rings. The van der Waals surface area contributed by atoms with Crippen molar-refractivity contribution in [1.29, 1.82) is 0 Å². The van der Waals surface area contributed by atoms with Crippen molar-refractivity contribution in [3.63, 3.8) is 0 Å². The van der Waals surface area contributed by atoms with Crippen molar-refractivity contribution in [1.82, 2.24) is 20.0 Å². The molecule has 2 N–H and O–H groups in total. The van der Waals surface area contributed by atoms with Gasteiger partial charge in [0.05, 0.1) is 12.2 Å². The van der Waals surface area contributed by atoms with Crippen LogP contribution in [0.4, 0.5) is 4.79 Å². The minimum Gasteiger partial charge on any atom is -0.480 e. The summed E-state index contributed by atoms with van der Waals surface area (Å²) in [4.78, 5) is 22.9. The number of carboxylic acid groups (broad SMARTS) is 1. The lowest BCUT2D eigenvalue weighted by Crippen LogP contribution is -2.39. The van der Waals surface area contributed by atoms with Gasteiger partial charge in [0.25, 0.3) is 0 Å². The number of aryl methyl sites for hydroxylation is 1. The van der Waals surface area contributed by atoms with E-state index in [0.29, 0.717) is 6.54 Å². The van der Waals surface area contributed by atoms with Gasteiger partial charge >= 0.3 is 12.0 Å². The van der Waals surface area contributed by atoms with Gasteiger partial charge in [-0.1, -0.05) is 0 Å². The zero-order valence-corrected chi connectivity index (χ0v) is 9.17. The molecule has 0 aliphatic heterocycles. The van der Waals surface area contributed by atoms with Crippen LogP contribution in [-0.2, 0) is 18.4 Å². The van der Waals surface area contributed by atoms with Crippen LogP contribution in [0.3, 0.4) is 0 Å². The molecular formula is C9H14N4O3. The lowest BCUT2D eigenvalue weighted by atomic mass is 10.4. The number of hydrogen-bond acceptors (Lipinski definition) is 3. The molecule has 0 saturated carbocycles. The molecule has 7 nitrogen and oxygen atoms in total. The van der Waals surface area contributed by atoms with Crippen molar-refractivity contribution in [2.24, 2.45) is 7.05 Å². The maximum Gasteiger partial charge on any atom is 0.323 e. The second-order valence-electron chi connectivity index (χ2n) is 3.35. The van der Waals surface area contributed by atoms with E-state index in [9.17, 15) is 9.59 Å². The van der Waals surface area contributed by atoms with Crippen LogP contribution in [0.25, 0.3) is 0 Å². The molecule has 7 heteroatoms. The lowest BCUT2D eigenvalue weighted by Gasteiger charge is -2.15. The van der Waals surface area contributed by atoms with Crippen molar-refractivity contribution < 1.29 is 14.7 Å². The lowest BCUT2D eigenvalue weighted by molar-refractivity contribution is -0.137. The Hall–Kier alpha value is -2.05. The highest BCUT2D eigenvalue weighted by atomic mass is 16.4. The Morgan fingerprint density at radius 3 is 2.81 bits per heavy atom. The number of urea groups is 1. The number of amides is 2. The predicted molar refractivity (Wildman–Crippen MR) is 55.7 cm³/mol. The van der Waals surface area contributed by atoms with Gasteiger partial charge in [-0.2, -0.15) is 5.10 Å². The number of carbonyl (C=O) groups excluding carboxylic acids is 1. The quantitative estimate of drug-likeness (QED) is 0.734. The Kier molecular flexibility index (Phi) is 3.87. The van der Waals surface area contributed by atoms with Gasteiger partial charge in [-0.25, -0.2) is 4.79 Å². The van der Waals surface area contributed by atoms with Gasteiger partial charge in [0.2, 0.25) is 0 Å². The summed E-state index contributed by atoms with van der Waals surface area (Å²) in [5, 5.41) is 15.0. The Morgan fingerprint density at radius 1 is 1.62 bits per heavy atom. The zero-order valence-electron chi connectivity index (χ0n) is 9.17. The van der Waals surface area contributed by atoms with E-state index in [2.05, 4.69) is 10.4 Å². The fourth-order valence-electron chi connectivity index (χ4n) is 1.15. The van der Waals surface area contributed by atoms with Gasteiger partial charge in [0.15, 0.2) is 0 Å². The minimum atomic E-state index is -1.04. The van der Waals surface area contributed by atoms with E-state index in [-0.39, 0.29) is 6.54 Å². The number of likely N-dealkylation sites (N-methyl/N-ethyl adjacent to an activating group) is 1. The van der Waals surface area contributed by atoms with Gasteiger partial charge in [-0.05, 0) is 6.07 Å². The fourth-order valence-corrected chi connectivity index (χ4v) is 1.15. The summed E-state index contributed by atoms with van der Waals surface area (Å²) in [5.41, 5.74) is 0.845. The fraction of sp³-hybridized carbons (Fsp3) is 0.444. The SMILES string of the molecule is CN(CC(=O)O)C(=O)NCc1ccnn1C. The van der Waals surface area contributed by atoms with E-state index in [4.69, 9.17) is 5.11 Å². The Balaban J connectivity index is 2.41. The maximum absolute atomic E-state index is 11.4. The molecule has 0 radical (unpaired) electrons. The highest BCUT2D eigenvalue weighted by Gasteiger charge is 2.11. The van der Waals surface area contributed by atoms with Crippen LogP contribution in [0, 0.1) is 0 Å². The molecule has 0 atom stereocenters. The smallest absolute Gasteiger partial charge is 0.323 e. The molecular weight excluding hydrogens is 212 g/mol. The summed E-state index contributed by atoms with van der Waals surface area (Å²) < 4.78 is 1.64. The highest BCUT2D eigenvalue weighted by Crippen LogP contribution is 1.95. The molecule has 0 unspecified atom stereocenters. The van der Waals surface area contributed by atoms with Crippen molar-refractivity contribution >= 4 is 12.0 Å². The zero-order chi connectivity index (χ0) is 12.1. The highest BCUT2D eigenvalue weighted by molar-refractivity contribution is 5.79. The van der Waals surface area contributed by atoms with Crippen LogP contribution >= 0.6 is 0 Å². The van der Waals surface area contributed by atoms with Crippen LogP contribution in [-0.4, -0.2) is 45.4 Å². The normalized spacial score (nSPS) is 9.88. The van der Waals surface area contributed by atoms with E-state index >= 15 is 0 Å². The first-order valence-corrected chi connectivity index (χ1v) is 4.68. The summed E-state index contributed by atoms with van der Waals surface area (Å²) in [6.45, 7) is -0.00346. The molecule has 1 aromatic heterocycles.